The fourth-order valence-electron chi connectivity index (χ4n) is 2.53. The lowest BCUT2D eigenvalue weighted by Crippen LogP contribution is -2.12. The highest BCUT2D eigenvalue weighted by Gasteiger charge is 2.20. The van der Waals surface area contributed by atoms with Crippen LogP contribution in [0.4, 0.5) is 0 Å². The van der Waals surface area contributed by atoms with Gasteiger partial charge in [-0.1, -0.05) is 52.0 Å². The first-order chi connectivity index (χ1) is 10.1. The Balaban J connectivity index is 2.06. The number of rotatable bonds is 3. The van der Waals surface area contributed by atoms with Crippen molar-refractivity contribution in [1.29, 1.82) is 0 Å². The van der Waals surface area contributed by atoms with E-state index in [0.717, 1.165) is 17.4 Å². The highest BCUT2D eigenvalue weighted by Crippen LogP contribution is 2.46. The van der Waals surface area contributed by atoms with E-state index in [2.05, 4.69) is 83.5 Å². The lowest BCUT2D eigenvalue weighted by atomic mass is 9.96. The van der Waals surface area contributed by atoms with Gasteiger partial charge in [-0.2, -0.15) is 0 Å². The Morgan fingerprint density at radius 1 is 1.05 bits per heavy atom. The molecule has 0 saturated carbocycles. The Morgan fingerprint density at radius 3 is 2.62 bits per heavy atom. The minimum Gasteiger partial charge on any atom is -0.309 e. The van der Waals surface area contributed by atoms with Crippen molar-refractivity contribution in [2.24, 2.45) is 0 Å². The molecule has 0 radical (unpaired) electrons. The molecule has 1 aliphatic heterocycles. The zero-order chi connectivity index (χ0) is 14.8. The Kier molecular flexibility index (Phi) is 4.53. The molecular formula is C18H18BrNS. The first-order valence-electron chi connectivity index (χ1n) is 7.07. The molecule has 0 unspecified atom stereocenters. The van der Waals surface area contributed by atoms with Crippen LogP contribution >= 0.6 is 27.7 Å². The van der Waals surface area contributed by atoms with Crippen molar-refractivity contribution in [2.75, 3.05) is 20.6 Å². The fraction of sp³-hybridized carbons (Fsp3) is 0.222. The van der Waals surface area contributed by atoms with Crippen molar-refractivity contribution in [2.45, 2.75) is 16.2 Å². The molecule has 1 nitrogen and oxygen atoms in total. The minimum absolute atomic E-state index is 1.06. The van der Waals surface area contributed by atoms with E-state index in [1.807, 2.05) is 11.8 Å². The molecule has 0 saturated heterocycles. The van der Waals surface area contributed by atoms with E-state index in [-0.39, 0.29) is 0 Å². The summed E-state index contributed by atoms with van der Waals surface area (Å²) in [5.74, 6) is 0. The van der Waals surface area contributed by atoms with Crippen LogP contribution in [-0.4, -0.2) is 25.5 Å². The van der Waals surface area contributed by atoms with Crippen LogP contribution in [0, 0.1) is 0 Å². The Bertz CT molecular complexity index is 691. The van der Waals surface area contributed by atoms with Gasteiger partial charge >= 0.3 is 0 Å². The number of hydrogen-bond donors (Lipinski definition) is 0. The van der Waals surface area contributed by atoms with Gasteiger partial charge in [0.1, 0.15) is 0 Å². The maximum atomic E-state index is 3.60. The van der Waals surface area contributed by atoms with Gasteiger partial charge in [0.25, 0.3) is 0 Å². The van der Waals surface area contributed by atoms with Crippen LogP contribution in [0.1, 0.15) is 17.5 Å². The van der Waals surface area contributed by atoms with Crippen molar-refractivity contribution in [3.05, 3.63) is 64.1 Å². The summed E-state index contributed by atoms with van der Waals surface area (Å²) in [7, 11) is 4.24. The summed E-state index contributed by atoms with van der Waals surface area (Å²) >= 11 is 5.47. The van der Waals surface area contributed by atoms with Gasteiger partial charge in [0.05, 0.1) is 0 Å². The largest absolute Gasteiger partial charge is 0.309 e. The first kappa shape index (κ1) is 14.9. The third-order valence-electron chi connectivity index (χ3n) is 3.55. The van der Waals surface area contributed by atoms with E-state index in [9.17, 15) is 0 Å². The van der Waals surface area contributed by atoms with Crippen LogP contribution in [-0.2, 0) is 0 Å². The van der Waals surface area contributed by atoms with Gasteiger partial charge < -0.3 is 4.90 Å². The Morgan fingerprint density at radius 2 is 1.81 bits per heavy atom. The minimum atomic E-state index is 1.06. The van der Waals surface area contributed by atoms with Crippen LogP contribution in [0.3, 0.4) is 0 Å². The van der Waals surface area contributed by atoms with E-state index in [1.165, 1.54) is 26.5 Å². The summed E-state index contributed by atoms with van der Waals surface area (Å²) in [5.41, 5.74) is 4.06. The molecule has 2 aromatic rings. The highest BCUT2D eigenvalue weighted by atomic mass is 79.9. The molecule has 21 heavy (non-hydrogen) atoms. The van der Waals surface area contributed by atoms with Crippen molar-refractivity contribution in [1.82, 2.24) is 4.90 Å². The predicted molar refractivity (Wildman–Crippen MR) is 95.0 cm³/mol. The third-order valence-corrected chi connectivity index (χ3v) is 5.20. The van der Waals surface area contributed by atoms with Crippen molar-refractivity contribution in [3.8, 4) is 0 Å². The number of halogens is 1. The molecule has 0 amide bonds. The fourth-order valence-corrected chi connectivity index (χ4v) is 3.98. The molecular weight excluding hydrogens is 342 g/mol. The van der Waals surface area contributed by atoms with Crippen LogP contribution in [0.5, 0.6) is 0 Å². The average Bonchev–Trinajstić information content (AvgIpc) is 2.46. The quantitative estimate of drug-likeness (QED) is 0.624. The molecule has 0 aliphatic carbocycles. The second kappa shape index (κ2) is 6.39. The first-order valence-corrected chi connectivity index (χ1v) is 8.68. The molecule has 0 atom stereocenters. The van der Waals surface area contributed by atoms with E-state index < -0.39 is 0 Å². The molecule has 0 aromatic heterocycles. The molecule has 0 spiro atoms. The van der Waals surface area contributed by atoms with Gasteiger partial charge in [0.15, 0.2) is 0 Å². The maximum Gasteiger partial charge on any atom is 0.0201 e. The Hall–Kier alpha value is -1.03. The van der Waals surface area contributed by atoms with Crippen molar-refractivity contribution in [3.63, 3.8) is 0 Å². The molecule has 0 fully saturated rings. The van der Waals surface area contributed by atoms with Gasteiger partial charge in [-0.05, 0) is 61.5 Å². The monoisotopic (exact) mass is 359 g/mol. The normalized spacial score (nSPS) is 15.1. The van der Waals surface area contributed by atoms with Gasteiger partial charge in [0.2, 0.25) is 0 Å². The average molecular weight is 360 g/mol. The van der Waals surface area contributed by atoms with E-state index in [1.54, 1.807) is 0 Å². The summed E-state index contributed by atoms with van der Waals surface area (Å²) in [6, 6.07) is 15.3. The van der Waals surface area contributed by atoms with Crippen LogP contribution < -0.4 is 0 Å². The van der Waals surface area contributed by atoms with Gasteiger partial charge in [-0.15, -0.1) is 0 Å². The zero-order valence-corrected chi connectivity index (χ0v) is 14.7. The van der Waals surface area contributed by atoms with Crippen molar-refractivity contribution < 1.29 is 0 Å². The van der Waals surface area contributed by atoms with Crippen LogP contribution in [0.25, 0.3) is 5.57 Å². The summed E-state index contributed by atoms with van der Waals surface area (Å²) in [6.45, 7) is 1.07. The number of hydrogen-bond acceptors (Lipinski definition) is 2. The summed E-state index contributed by atoms with van der Waals surface area (Å²) in [4.78, 5) is 4.92. The topological polar surface area (TPSA) is 3.24 Å². The summed E-state index contributed by atoms with van der Waals surface area (Å²) in [6.07, 6.45) is 3.44. The molecule has 1 aliphatic rings. The molecule has 3 heteroatoms. The van der Waals surface area contributed by atoms with Gasteiger partial charge in [-0.3, -0.25) is 0 Å². The van der Waals surface area contributed by atoms with Crippen LogP contribution in [0.15, 0.2) is 62.8 Å². The van der Waals surface area contributed by atoms with E-state index in [0.29, 0.717) is 0 Å². The third kappa shape index (κ3) is 3.25. The van der Waals surface area contributed by atoms with Crippen LogP contribution in [0.2, 0.25) is 0 Å². The Labute approximate surface area is 139 Å². The predicted octanol–water partition coefficient (Wildman–Crippen LogP) is 5.30. The molecule has 108 valence electrons. The number of benzene rings is 2. The number of fused-ring (bicyclic) bond motifs is 2. The number of nitrogens with zero attached hydrogens (tertiary/aromatic N) is 1. The zero-order valence-electron chi connectivity index (χ0n) is 12.3. The van der Waals surface area contributed by atoms with Gasteiger partial charge in [-0.25, -0.2) is 0 Å². The molecule has 2 aromatic carbocycles. The van der Waals surface area contributed by atoms with Crippen molar-refractivity contribution >= 4 is 33.3 Å². The summed E-state index contributed by atoms with van der Waals surface area (Å²) in [5, 5.41) is 0. The summed E-state index contributed by atoms with van der Waals surface area (Å²) < 4.78 is 1.14. The SMILES string of the molecule is CN(C)CC/C=C1\c2ccccc2Sc2ccc(Br)cc21. The molecule has 0 bridgehead atoms. The lowest BCUT2D eigenvalue weighted by Gasteiger charge is -2.22. The smallest absolute Gasteiger partial charge is 0.0201 e. The molecule has 0 N–H and O–H groups in total. The molecule has 3 rings (SSSR count). The van der Waals surface area contributed by atoms with E-state index in [4.69, 9.17) is 0 Å². The highest BCUT2D eigenvalue weighted by molar-refractivity contribution is 9.10. The second-order valence-electron chi connectivity index (χ2n) is 5.45. The maximum absolute atomic E-state index is 3.60. The molecule has 1 heterocycles. The van der Waals surface area contributed by atoms with Gasteiger partial charge in [0, 0.05) is 20.8 Å². The van der Waals surface area contributed by atoms with E-state index >= 15 is 0 Å². The second-order valence-corrected chi connectivity index (χ2v) is 7.45. The lowest BCUT2D eigenvalue weighted by molar-refractivity contribution is 0.417. The standard InChI is InChI=1S/C18H18BrNS/c1-20(2)11-5-7-14-15-6-3-4-8-17(15)21-18-10-9-13(19)12-16(14)18/h3-4,6-10,12H,5,11H2,1-2H3/b14-7+.